The number of benzene rings is 2. The van der Waals surface area contributed by atoms with Gasteiger partial charge in [-0.05, 0) is 23.5 Å². The van der Waals surface area contributed by atoms with Crippen LogP contribution in [-0.4, -0.2) is 6.04 Å². The Labute approximate surface area is 120 Å². The van der Waals surface area contributed by atoms with Crippen LogP contribution in [0.5, 0.6) is 0 Å². The highest BCUT2D eigenvalue weighted by atomic mass is 19.1. The molecule has 0 amide bonds. The van der Waals surface area contributed by atoms with Crippen LogP contribution in [0.25, 0.3) is 0 Å². The highest BCUT2D eigenvalue weighted by molar-refractivity contribution is 5.38. The highest BCUT2D eigenvalue weighted by Gasteiger charge is 2.40. The lowest BCUT2D eigenvalue weighted by molar-refractivity contribution is 0.160. The summed E-state index contributed by atoms with van der Waals surface area (Å²) in [5.41, 5.74) is 5.84. The molecule has 0 radical (unpaired) electrons. The molecule has 2 rings (SSSR count). The lowest BCUT2D eigenvalue weighted by Crippen LogP contribution is -2.43. The Kier molecular flexibility index (Phi) is 4.56. The van der Waals surface area contributed by atoms with Gasteiger partial charge in [-0.2, -0.15) is 0 Å². The van der Waals surface area contributed by atoms with Crippen LogP contribution in [0.1, 0.15) is 31.4 Å². The lowest BCUT2D eigenvalue weighted by Gasteiger charge is -2.33. The van der Waals surface area contributed by atoms with Crippen molar-refractivity contribution in [3.05, 3.63) is 71.8 Å². The molecule has 0 aliphatic heterocycles. The van der Waals surface area contributed by atoms with Gasteiger partial charge in [-0.1, -0.05) is 74.5 Å². The van der Waals surface area contributed by atoms with Crippen molar-refractivity contribution in [3.63, 3.8) is 0 Å². The van der Waals surface area contributed by atoms with E-state index in [1.165, 1.54) is 0 Å². The largest absolute Gasteiger partial charge is 0.324 e. The molecule has 0 aliphatic carbocycles. The second-order valence-electron chi connectivity index (χ2n) is 5.68. The molecule has 0 aromatic heterocycles. The first kappa shape index (κ1) is 14.7. The Bertz CT molecular complexity index is 482. The van der Waals surface area contributed by atoms with Crippen molar-refractivity contribution < 1.29 is 4.39 Å². The maximum atomic E-state index is 15.9. The number of hydrogen-bond acceptors (Lipinski definition) is 1. The van der Waals surface area contributed by atoms with E-state index in [0.717, 1.165) is 0 Å². The fourth-order valence-corrected chi connectivity index (χ4v) is 2.63. The Balaban J connectivity index is 2.49. The Morgan fingerprint density at radius 3 is 1.65 bits per heavy atom. The van der Waals surface area contributed by atoms with Crippen molar-refractivity contribution in [1.82, 2.24) is 0 Å². The van der Waals surface area contributed by atoms with Gasteiger partial charge in [0.05, 0.1) is 0 Å². The average Bonchev–Trinajstić information content (AvgIpc) is 2.47. The average molecular weight is 271 g/mol. The molecule has 2 N–H and O–H groups in total. The fraction of sp³-hybridized carbons (Fsp3) is 0.333. The number of hydrogen-bond donors (Lipinski definition) is 1. The molecule has 0 bridgehead atoms. The van der Waals surface area contributed by atoms with Gasteiger partial charge in [-0.15, -0.1) is 0 Å². The predicted octanol–water partition coefficient (Wildman–Crippen LogP) is 4.27. The second-order valence-corrected chi connectivity index (χ2v) is 5.68. The molecule has 0 saturated heterocycles. The van der Waals surface area contributed by atoms with Crippen LogP contribution in [0.3, 0.4) is 0 Å². The summed E-state index contributed by atoms with van der Waals surface area (Å²) in [6, 6.07) is 17.9. The van der Waals surface area contributed by atoms with Gasteiger partial charge >= 0.3 is 0 Å². The molecule has 1 unspecified atom stereocenters. The van der Waals surface area contributed by atoms with E-state index in [-0.39, 0.29) is 0 Å². The van der Waals surface area contributed by atoms with E-state index >= 15 is 4.39 Å². The molecule has 0 heterocycles. The van der Waals surface area contributed by atoms with E-state index in [2.05, 4.69) is 13.8 Å². The second kappa shape index (κ2) is 6.19. The third kappa shape index (κ3) is 2.91. The Morgan fingerprint density at radius 2 is 1.30 bits per heavy atom. The number of nitrogens with two attached hydrogens (primary N) is 1. The minimum Gasteiger partial charge on any atom is -0.324 e. The predicted molar refractivity (Wildman–Crippen MR) is 82.2 cm³/mol. The van der Waals surface area contributed by atoms with Gasteiger partial charge in [0, 0.05) is 6.04 Å². The third-order valence-electron chi connectivity index (χ3n) is 3.62. The molecule has 0 fully saturated rings. The summed E-state index contributed by atoms with van der Waals surface area (Å²) in [6.45, 7) is 4.13. The topological polar surface area (TPSA) is 26.0 Å². The SMILES string of the molecule is CC(C)CC(N)C(F)(c1ccccc1)c1ccccc1. The normalized spacial score (nSPS) is 13.4. The molecule has 2 aromatic rings. The fourth-order valence-electron chi connectivity index (χ4n) is 2.63. The maximum absolute atomic E-state index is 15.9. The quantitative estimate of drug-likeness (QED) is 0.863. The van der Waals surface area contributed by atoms with Crippen LogP contribution >= 0.6 is 0 Å². The smallest absolute Gasteiger partial charge is 0.176 e. The van der Waals surface area contributed by atoms with Gasteiger partial charge in [0.25, 0.3) is 0 Å². The summed E-state index contributed by atoms with van der Waals surface area (Å²) < 4.78 is 15.9. The van der Waals surface area contributed by atoms with Gasteiger partial charge in [0.15, 0.2) is 5.67 Å². The first-order valence-electron chi connectivity index (χ1n) is 7.10. The zero-order chi connectivity index (χ0) is 14.6. The van der Waals surface area contributed by atoms with E-state index in [9.17, 15) is 0 Å². The minimum atomic E-state index is -1.65. The summed E-state index contributed by atoms with van der Waals surface area (Å²) in [6.07, 6.45) is 0.639. The standard InChI is InChI=1S/C18H22FN/c1-14(2)13-17(20)18(19,15-9-5-3-6-10-15)16-11-7-4-8-12-16/h3-12,14,17H,13,20H2,1-2H3. The number of rotatable bonds is 5. The van der Waals surface area contributed by atoms with Crippen molar-refractivity contribution in [2.45, 2.75) is 32.0 Å². The van der Waals surface area contributed by atoms with Gasteiger partial charge in [-0.25, -0.2) is 4.39 Å². The molecule has 1 nitrogen and oxygen atoms in total. The van der Waals surface area contributed by atoms with Crippen molar-refractivity contribution >= 4 is 0 Å². The van der Waals surface area contributed by atoms with Crippen LogP contribution < -0.4 is 5.73 Å². The molecule has 0 saturated carbocycles. The zero-order valence-electron chi connectivity index (χ0n) is 12.1. The van der Waals surface area contributed by atoms with E-state index in [1.54, 1.807) is 0 Å². The maximum Gasteiger partial charge on any atom is 0.176 e. The summed E-state index contributed by atoms with van der Waals surface area (Å²) in [5.74, 6) is 0.354. The third-order valence-corrected chi connectivity index (χ3v) is 3.62. The van der Waals surface area contributed by atoms with Crippen LogP contribution in [-0.2, 0) is 5.67 Å². The van der Waals surface area contributed by atoms with Gasteiger partial charge in [0.1, 0.15) is 0 Å². The molecule has 2 aromatic carbocycles. The van der Waals surface area contributed by atoms with Crippen LogP contribution in [0.15, 0.2) is 60.7 Å². The highest BCUT2D eigenvalue weighted by Crippen LogP contribution is 2.38. The summed E-state index contributed by atoms with van der Waals surface area (Å²) in [4.78, 5) is 0. The lowest BCUT2D eigenvalue weighted by atomic mass is 9.79. The van der Waals surface area contributed by atoms with Crippen LogP contribution in [0.2, 0.25) is 0 Å². The van der Waals surface area contributed by atoms with Crippen molar-refractivity contribution in [1.29, 1.82) is 0 Å². The van der Waals surface area contributed by atoms with E-state index in [4.69, 9.17) is 5.73 Å². The molecule has 106 valence electrons. The van der Waals surface area contributed by atoms with E-state index in [0.29, 0.717) is 23.5 Å². The number of alkyl halides is 1. The Hall–Kier alpha value is -1.67. The van der Waals surface area contributed by atoms with Gasteiger partial charge in [-0.3, -0.25) is 0 Å². The van der Waals surface area contributed by atoms with Crippen molar-refractivity contribution in [2.24, 2.45) is 11.7 Å². The summed E-state index contributed by atoms with van der Waals surface area (Å²) in [5, 5.41) is 0. The summed E-state index contributed by atoms with van der Waals surface area (Å²) in [7, 11) is 0. The monoisotopic (exact) mass is 271 g/mol. The minimum absolute atomic E-state index is 0.354. The van der Waals surface area contributed by atoms with E-state index in [1.807, 2.05) is 60.7 Å². The van der Waals surface area contributed by atoms with Crippen molar-refractivity contribution in [3.8, 4) is 0 Å². The first-order chi connectivity index (χ1) is 9.55. The first-order valence-corrected chi connectivity index (χ1v) is 7.10. The summed E-state index contributed by atoms with van der Waals surface area (Å²) >= 11 is 0. The van der Waals surface area contributed by atoms with Crippen molar-refractivity contribution in [2.75, 3.05) is 0 Å². The molecule has 0 aliphatic rings. The van der Waals surface area contributed by atoms with E-state index < -0.39 is 11.7 Å². The molecular formula is C18H22FN. The number of halogens is 1. The molecule has 0 spiro atoms. The molecule has 20 heavy (non-hydrogen) atoms. The van der Waals surface area contributed by atoms with Crippen LogP contribution in [0, 0.1) is 5.92 Å². The van der Waals surface area contributed by atoms with Gasteiger partial charge in [0.2, 0.25) is 0 Å². The molecule has 1 atom stereocenters. The molecule has 2 heteroatoms. The zero-order valence-corrected chi connectivity index (χ0v) is 12.1. The van der Waals surface area contributed by atoms with Gasteiger partial charge < -0.3 is 5.73 Å². The Morgan fingerprint density at radius 1 is 0.900 bits per heavy atom. The van der Waals surface area contributed by atoms with Crippen LogP contribution in [0.4, 0.5) is 4.39 Å². The molecular weight excluding hydrogens is 249 g/mol.